The Morgan fingerprint density at radius 3 is 2.62 bits per heavy atom. The lowest BCUT2D eigenvalue weighted by Crippen LogP contribution is -1.97. The summed E-state index contributed by atoms with van der Waals surface area (Å²) in [6.45, 7) is 0.329. The number of aromatic hydroxyl groups is 1. The molecule has 0 radical (unpaired) electrons. The summed E-state index contributed by atoms with van der Waals surface area (Å²) in [5.74, 6) is 0.416. The molecule has 74 valence electrons. The number of hydrogen-bond acceptors (Lipinski definition) is 3. The van der Waals surface area contributed by atoms with Gasteiger partial charge in [0, 0.05) is 17.6 Å². The molecule has 0 fully saturated rings. The van der Waals surface area contributed by atoms with Gasteiger partial charge in [-0.2, -0.15) is 0 Å². The normalized spacial score (nSPS) is 9.15. The van der Waals surface area contributed by atoms with E-state index in [2.05, 4.69) is 0 Å². The predicted octanol–water partition coefficient (Wildman–Crippen LogP) is 1.93. The Morgan fingerprint density at radius 1 is 1.54 bits per heavy atom. The van der Waals surface area contributed by atoms with E-state index in [0.717, 1.165) is 5.56 Å². The van der Waals surface area contributed by atoms with Gasteiger partial charge in [0.1, 0.15) is 0 Å². The van der Waals surface area contributed by atoms with E-state index in [1.807, 2.05) is 0 Å². The number of ether oxygens (including phenoxy) is 1. The predicted molar refractivity (Wildman–Crippen MR) is 54.8 cm³/mol. The third-order valence-electron chi connectivity index (χ3n) is 1.57. The van der Waals surface area contributed by atoms with E-state index < -0.39 is 0 Å². The van der Waals surface area contributed by atoms with Crippen molar-refractivity contribution in [1.29, 1.82) is 0 Å². The molecule has 0 saturated heterocycles. The molecule has 0 amide bonds. The average molecular weight is 224 g/mol. The monoisotopic (exact) mass is 223 g/mol. The molecule has 5 heteroatoms. The van der Waals surface area contributed by atoms with Crippen LogP contribution in [0.2, 0.25) is 5.02 Å². The first-order chi connectivity index (χ1) is 5.69. The van der Waals surface area contributed by atoms with Gasteiger partial charge in [0.25, 0.3) is 0 Å². The summed E-state index contributed by atoms with van der Waals surface area (Å²) >= 11 is 5.76. The van der Waals surface area contributed by atoms with Crippen molar-refractivity contribution in [1.82, 2.24) is 0 Å². The summed E-state index contributed by atoms with van der Waals surface area (Å²) in [4.78, 5) is 0. The maximum atomic E-state index is 9.26. The first-order valence-electron chi connectivity index (χ1n) is 3.44. The van der Waals surface area contributed by atoms with Gasteiger partial charge in [-0.3, -0.25) is 0 Å². The minimum absolute atomic E-state index is 0. The summed E-state index contributed by atoms with van der Waals surface area (Å²) in [5, 5.41) is 9.72. The molecule has 0 aliphatic carbocycles. The summed E-state index contributed by atoms with van der Waals surface area (Å²) in [6, 6.07) is 3.04. The number of methoxy groups -OCH3 is 1. The topological polar surface area (TPSA) is 55.5 Å². The highest BCUT2D eigenvalue weighted by Gasteiger charge is 2.06. The zero-order valence-electron chi connectivity index (χ0n) is 7.08. The van der Waals surface area contributed by atoms with Gasteiger partial charge in [0.15, 0.2) is 11.5 Å². The van der Waals surface area contributed by atoms with Crippen LogP contribution in [0.25, 0.3) is 0 Å². The minimum atomic E-state index is 0. The van der Waals surface area contributed by atoms with Crippen molar-refractivity contribution in [3.63, 3.8) is 0 Å². The molecule has 1 aromatic rings. The third kappa shape index (κ3) is 2.66. The van der Waals surface area contributed by atoms with Crippen LogP contribution in [0.15, 0.2) is 12.1 Å². The highest BCUT2D eigenvalue weighted by molar-refractivity contribution is 6.31. The zero-order chi connectivity index (χ0) is 9.14. The van der Waals surface area contributed by atoms with Crippen molar-refractivity contribution >= 4 is 24.0 Å². The standard InChI is InChI=1S/C8H10ClNO2.ClH/c1-12-8-2-5(4-10)6(9)3-7(8)11;/h2-3,11H,4,10H2,1H3;1H. The minimum Gasteiger partial charge on any atom is -0.504 e. The van der Waals surface area contributed by atoms with E-state index >= 15 is 0 Å². The van der Waals surface area contributed by atoms with E-state index in [0.29, 0.717) is 17.3 Å². The van der Waals surface area contributed by atoms with Crippen LogP contribution >= 0.6 is 24.0 Å². The SMILES string of the molecule is COc1cc(CN)c(Cl)cc1O.Cl. The van der Waals surface area contributed by atoms with Gasteiger partial charge in [-0.05, 0) is 11.6 Å². The Hall–Kier alpha value is -0.640. The molecule has 0 atom stereocenters. The Morgan fingerprint density at radius 2 is 2.15 bits per heavy atom. The van der Waals surface area contributed by atoms with E-state index in [9.17, 15) is 5.11 Å². The molecule has 0 aliphatic rings. The quantitative estimate of drug-likeness (QED) is 0.806. The second kappa shape index (κ2) is 5.17. The third-order valence-corrected chi connectivity index (χ3v) is 1.92. The first-order valence-corrected chi connectivity index (χ1v) is 3.82. The number of phenolic OH excluding ortho intramolecular Hbond substituents is 1. The number of hydrogen-bond donors (Lipinski definition) is 2. The molecular weight excluding hydrogens is 213 g/mol. The van der Waals surface area contributed by atoms with Crippen LogP contribution in [-0.4, -0.2) is 12.2 Å². The molecule has 1 rings (SSSR count). The molecule has 0 spiro atoms. The van der Waals surface area contributed by atoms with Crippen LogP contribution in [0.4, 0.5) is 0 Å². The average Bonchev–Trinajstić information content (AvgIpc) is 2.05. The van der Waals surface area contributed by atoms with Crippen LogP contribution in [-0.2, 0) is 6.54 Å². The lowest BCUT2D eigenvalue weighted by atomic mass is 10.2. The lowest BCUT2D eigenvalue weighted by Gasteiger charge is -2.06. The van der Waals surface area contributed by atoms with E-state index in [4.69, 9.17) is 22.1 Å². The molecule has 13 heavy (non-hydrogen) atoms. The summed E-state index contributed by atoms with van der Waals surface area (Å²) in [7, 11) is 1.48. The number of phenols is 1. The molecule has 1 aromatic carbocycles. The summed E-state index contributed by atoms with van der Waals surface area (Å²) < 4.78 is 4.88. The van der Waals surface area contributed by atoms with Gasteiger partial charge in [-0.25, -0.2) is 0 Å². The van der Waals surface area contributed by atoms with Crippen molar-refractivity contribution in [3.05, 3.63) is 22.7 Å². The highest BCUT2D eigenvalue weighted by atomic mass is 35.5. The molecule has 0 bridgehead atoms. The number of nitrogens with two attached hydrogens (primary N) is 1. The Kier molecular flexibility index (Phi) is 4.91. The number of halogens is 2. The lowest BCUT2D eigenvalue weighted by molar-refractivity contribution is 0.373. The fourth-order valence-electron chi connectivity index (χ4n) is 0.905. The molecule has 0 aliphatic heterocycles. The molecule has 0 aromatic heterocycles. The fourth-order valence-corrected chi connectivity index (χ4v) is 1.14. The van der Waals surface area contributed by atoms with E-state index in [1.54, 1.807) is 6.07 Å². The zero-order valence-corrected chi connectivity index (χ0v) is 8.65. The first kappa shape index (κ1) is 12.4. The van der Waals surface area contributed by atoms with Crippen LogP contribution in [0.3, 0.4) is 0 Å². The smallest absolute Gasteiger partial charge is 0.160 e. The summed E-state index contributed by atoms with van der Waals surface area (Å²) in [5.41, 5.74) is 6.16. The molecule has 0 saturated carbocycles. The van der Waals surface area contributed by atoms with E-state index in [-0.39, 0.29) is 18.2 Å². The molecule has 3 nitrogen and oxygen atoms in total. The van der Waals surface area contributed by atoms with Crippen molar-refractivity contribution in [2.24, 2.45) is 5.73 Å². The van der Waals surface area contributed by atoms with Gasteiger partial charge in [0.2, 0.25) is 0 Å². The van der Waals surface area contributed by atoms with Crippen LogP contribution in [0.1, 0.15) is 5.56 Å². The van der Waals surface area contributed by atoms with Crippen molar-refractivity contribution in [3.8, 4) is 11.5 Å². The number of benzene rings is 1. The van der Waals surface area contributed by atoms with Crippen LogP contribution in [0, 0.1) is 0 Å². The van der Waals surface area contributed by atoms with Gasteiger partial charge < -0.3 is 15.6 Å². The van der Waals surface area contributed by atoms with Gasteiger partial charge in [-0.1, -0.05) is 11.6 Å². The maximum Gasteiger partial charge on any atom is 0.160 e. The van der Waals surface area contributed by atoms with Crippen molar-refractivity contribution < 1.29 is 9.84 Å². The van der Waals surface area contributed by atoms with Crippen molar-refractivity contribution in [2.45, 2.75) is 6.54 Å². The second-order valence-corrected chi connectivity index (χ2v) is 2.73. The Labute approximate surface area is 87.9 Å². The van der Waals surface area contributed by atoms with Crippen LogP contribution in [0.5, 0.6) is 11.5 Å². The maximum absolute atomic E-state index is 9.26. The van der Waals surface area contributed by atoms with Crippen LogP contribution < -0.4 is 10.5 Å². The fraction of sp³-hybridized carbons (Fsp3) is 0.250. The molecule has 3 N–H and O–H groups in total. The van der Waals surface area contributed by atoms with Gasteiger partial charge >= 0.3 is 0 Å². The molecule has 0 heterocycles. The highest BCUT2D eigenvalue weighted by Crippen LogP contribution is 2.31. The Balaban J connectivity index is 0.00000144. The van der Waals surface area contributed by atoms with Gasteiger partial charge in [0.05, 0.1) is 7.11 Å². The van der Waals surface area contributed by atoms with Crippen molar-refractivity contribution in [2.75, 3.05) is 7.11 Å². The second-order valence-electron chi connectivity index (χ2n) is 2.32. The van der Waals surface area contributed by atoms with Gasteiger partial charge in [-0.15, -0.1) is 12.4 Å². The molecule has 0 unspecified atom stereocenters. The van der Waals surface area contributed by atoms with E-state index in [1.165, 1.54) is 13.2 Å². The largest absolute Gasteiger partial charge is 0.504 e. The number of rotatable bonds is 2. The molecular formula is C8H11Cl2NO2. The Bertz CT molecular complexity index is 266. The summed E-state index contributed by atoms with van der Waals surface area (Å²) in [6.07, 6.45) is 0.